The van der Waals surface area contributed by atoms with Crippen molar-refractivity contribution in [1.29, 1.82) is 0 Å². The predicted molar refractivity (Wildman–Crippen MR) is 66.3 cm³/mol. The number of benzene rings is 1. The van der Waals surface area contributed by atoms with Gasteiger partial charge in [0.2, 0.25) is 0 Å². The Balaban J connectivity index is 2.06. The molecule has 1 fully saturated rings. The molecule has 5 nitrogen and oxygen atoms in total. The van der Waals surface area contributed by atoms with Crippen LogP contribution in [-0.4, -0.2) is 20.3 Å². The molecule has 1 aliphatic rings. The van der Waals surface area contributed by atoms with E-state index in [1.807, 2.05) is 12.1 Å². The van der Waals surface area contributed by atoms with Crippen LogP contribution in [0.1, 0.15) is 13.8 Å². The molecule has 1 heterocycles. The molecule has 6 heteroatoms. The minimum Gasteiger partial charge on any atom is -0.407 e. The lowest BCUT2D eigenvalue weighted by Crippen LogP contribution is -2.47. The van der Waals surface area contributed by atoms with Crippen LogP contribution in [0.15, 0.2) is 29.4 Å². The van der Waals surface area contributed by atoms with Gasteiger partial charge in [-0.05, 0) is 11.0 Å². The standard InChI is InChI=1S/C11H14BN3O2/c1-11(2)7-16-12(17-8-11)9-3-5-10(6-4-9)14-15-13/h3-6H,7-8H2,1-2H3. The van der Waals surface area contributed by atoms with E-state index in [1.54, 1.807) is 12.1 Å². The lowest BCUT2D eigenvalue weighted by atomic mass is 9.76. The molecule has 1 aromatic rings. The van der Waals surface area contributed by atoms with E-state index >= 15 is 0 Å². The molecule has 0 bridgehead atoms. The van der Waals surface area contributed by atoms with Gasteiger partial charge in [-0.1, -0.05) is 43.2 Å². The van der Waals surface area contributed by atoms with Crippen molar-refractivity contribution in [3.8, 4) is 0 Å². The SMILES string of the molecule is CC1(C)COB(c2ccc(N=[N+]=[N-])cc2)OC1. The molecule has 0 spiro atoms. The molecule has 0 aliphatic carbocycles. The first-order chi connectivity index (χ1) is 8.11. The zero-order valence-corrected chi connectivity index (χ0v) is 9.96. The molecule has 1 saturated heterocycles. The van der Waals surface area contributed by atoms with E-state index < -0.39 is 0 Å². The molecule has 0 aromatic heterocycles. The van der Waals surface area contributed by atoms with Crippen molar-refractivity contribution in [3.05, 3.63) is 34.7 Å². The van der Waals surface area contributed by atoms with E-state index in [-0.39, 0.29) is 12.5 Å². The van der Waals surface area contributed by atoms with Crippen molar-refractivity contribution in [2.24, 2.45) is 10.5 Å². The number of hydrogen-bond donors (Lipinski definition) is 0. The van der Waals surface area contributed by atoms with Gasteiger partial charge in [0.05, 0.1) is 0 Å². The van der Waals surface area contributed by atoms with E-state index in [0.717, 1.165) is 5.46 Å². The van der Waals surface area contributed by atoms with E-state index in [0.29, 0.717) is 18.9 Å². The topological polar surface area (TPSA) is 67.2 Å². The first kappa shape index (κ1) is 12.0. The monoisotopic (exact) mass is 231 g/mol. The second-order valence-electron chi connectivity index (χ2n) is 4.90. The maximum absolute atomic E-state index is 8.30. The van der Waals surface area contributed by atoms with E-state index in [2.05, 4.69) is 23.9 Å². The molecule has 1 aromatic carbocycles. The predicted octanol–water partition coefficient (Wildman–Crippen LogP) is 2.40. The largest absolute Gasteiger partial charge is 0.493 e. The third-order valence-corrected chi connectivity index (χ3v) is 2.58. The van der Waals surface area contributed by atoms with Crippen molar-refractivity contribution in [3.63, 3.8) is 0 Å². The van der Waals surface area contributed by atoms with E-state index in [4.69, 9.17) is 14.8 Å². The maximum Gasteiger partial charge on any atom is 0.493 e. The Hall–Kier alpha value is -1.49. The van der Waals surface area contributed by atoms with Gasteiger partial charge in [-0.3, -0.25) is 0 Å². The Bertz CT molecular complexity index is 431. The average molecular weight is 231 g/mol. The average Bonchev–Trinajstić information content (AvgIpc) is 2.31. The Morgan fingerprint density at radius 3 is 2.35 bits per heavy atom. The quantitative estimate of drug-likeness (QED) is 0.339. The number of rotatable bonds is 2. The van der Waals surface area contributed by atoms with Crippen LogP contribution < -0.4 is 5.46 Å². The number of hydrogen-bond acceptors (Lipinski definition) is 3. The highest BCUT2D eigenvalue weighted by molar-refractivity contribution is 6.61. The van der Waals surface area contributed by atoms with Crippen LogP contribution in [0.25, 0.3) is 10.4 Å². The first-order valence-electron chi connectivity index (χ1n) is 5.49. The highest BCUT2D eigenvalue weighted by atomic mass is 16.6. The molecule has 0 atom stereocenters. The van der Waals surface area contributed by atoms with Crippen molar-refractivity contribution < 1.29 is 9.31 Å². The molecule has 2 rings (SSSR count). The Morgan fingerprint density at radius 1 is 1.24 bits per heavy atom. The van der Waals surface area contributed by atoms with Gasteiger partial charge in [0.25, 0.3) is 0 Å². The molecule has 0 amide bonds. The highest BCUT2D eigenvalue weighted by Gasteiger charge is 2.33. The summed E-state index contributed by atoms with van der Waals surface area (Å²) >= 11 is 0. The van der Waals surface area contributed by atoms with Gasteiger partial charge in [0.1, 0.15) is 0 Å². The van der Waals surface area contributed by atoms with Gasteiger partial charge in [0.15, 0.2) is 0 Å². The highest BCUT2D eigenvalue weighted by Crippen LogP contribution is 2.21. The third-order valence-electron chi connectivity index (χ3n) is 2.58. The fraction of sp³-hybridized carbons (Fsp3) is 0.455. The summed E-state index contributed by atoms with van der Waals surface area (Å²) in [5.74, 6) is 0. The van der Waals surface area contributed by atoms with Gasteiger partial charge in [-0.25, -0.2) is 0 Å². The van der Waals surface area contributed by atoms with Crippen LogP contribution >= 0.6 is 0 Å². The van der Waals surface area contributed by atoms with Gasteiger partial charge in [-0.2, -0.15) is 0 Å². The van der Waals surface area contributed by atoms with E-state index in [9.17, 15) is 0 Å². The lowest BCUT2D eigenvalue weighted by molar-refractivity contribution is 0.0343. The van der Waals surface area contributed by atoms with Crippen molar-refractivity contribution in [1.82, 2.24) is 0 Å². The summed E-state index contributed by atoms with van der Waals surface area (Å²) in [5, 5.41) is 3.51. The summed E-state index contributed by atoms with van der Waals surface area (Å²) in [6.07, 6.45) is 0. The number of azide groups is 1. The van der Waals surface area contributed by atoms with Crippen molar-refractivity contribution >= 4 is 18.3 Å². The summed E-state index contributed by atoms with van der Waals surface area (Å²) in [6.45, 7) is 5.56. The van der Waals surface area contributed by atoms with Gasteiger partial charge < -0.3 is 9.31 Å². The molecule has 0 saturated carbocycles. The molecular weight excluding hydrogens is 217 g/mol. The van der Waals surface area contributed by atoms with Crippen LogP contribution in [0.2, 0.25) is 0 Å². The molecular formula is C11H14BN3O2. The van der Waals surface area contributed by atoms with Crippen LogP contribution in [-0.2, 0) is 9.31 Å². The van der Waals surface area contributed by atoms with Crippen LogP contribution in [0.4, 0.5) is 5.69 Å². The van der Waals surface area contributed by atoms with Gasteiger partial charge >= 0.3 is 7.12 Å². The van der Waals surface area contributed by atoms with Crippen LogP contribution in [0.5, 0.6) is 0 Å². The second-order valence-corrected chi connectivity index (χ2v) is 4.90. The minimum atomic E-state index is -0.317. The van der Waals surface area contributed by atoms with Crippen LogP contribution in [0, 0.1) is 5.41 Å². The van der Waals surface area contributed by atoms with E-state index in [1.165, 1.54) is 0 Å². The fourth-order valence-electron chi connectivity index (χ4n) is 1.63. The molecule has 0 N–H and O–H groups in total. The fourth-order valence-corrected chi connectivity index (χ4v) is 1.63. The number of nitrogens with zero attached hydrogens (tertiary/aromatic N) is 3. The summed E-state index contributed by atoms with van der Waals surface area (Å²) in [6, 6.07) is 7.21. The van der Waals surface area contributed by atoms with Crippen LogP contribution in [0.3, 0.4) is 0 Å². The zero-order chi connectivity index (χ0) is 12.3. The summed E-state index contributed by atoms with van der Waals surface area (Å²) in [4.78, 5) is 2.73. The molecule has 1 aliphatic heterocycles. The summed E-state index contributed by atoms with van der Waals surface area (Å²) < 4.78 is 11.3. The van der Waals surface area contributed by atoms with Gasteiger partial charge in [0, 0.05) is 29.2 Å². The Labute approximate surface area is 101 Å². The lowest BCUT2D eigenvalue weighted by Gasteiger charge is -2.33. The second kappa shape index (κ2) is 4.79. The van der Waals surface area contributed by atoms with Gasteiger partial charge in [-0.15, -0.1) is 0 Å². The Morgan fingerprint density at radius 2 is 1.82 bits per heavy atom. The summed E-state index contributed by atoms with van der Waals surface area (Å²) in [7, 11) is -0.317. The minimum absolute atomic E-state index is 0.0710. The smallest absolute Gasteiger partial charge is 0.407 e. The maximum atomic E-state index is 8.30. The van der Waals surface area contributed by atoms with Crippen molar-refractivity contribution in [2.45, 2.75) is 13.8 Å². The zero-order valence-electron chi connectivity index (χ0n) is 9.96. The van der Waals surface area contributed by atoms with Crippen molar-refractivity contribution in [2.75, 3.05) is 13.2 Å². The molecule has 0 unspecified atom stereocenters. The normalized spacial score (nSPS) is 18.6. The molecule has 17 heavy (non-hydrogen) atoms. The third kappa shape index (κ3) is 3.00. The first-order valence-corrected chi connectivity index (χ1v) is 5.49. The molecule has 88 valence electrons. The Kier molecular flexibility index (Phi) is 3.38. The molecule has 0 radical (unpaired) electrons. The summed E-state index contributed by atoms with van der Waals surface area (Å²) in [5.41, 5.74) is 9.91.